The van der Waals surface area contributed by atoms with Crippen LogP contribution in [0.2, 0.25) is 0 Å². The number of hydrogen-bond acceptors (Lipinski definition) is 6. The minimum Gasteiger partial charge on any atom is -0.355 e. The molecule has 31 heavy (non-hydrogen) atoms. The van der Waals surface area contributed by atoms with Crippen molar-refractivity contribution in [1.29, 1.82) is 0 Å². The van der Waals surface area contributed by atoms with Crippen LogP contribution in [0.3, 0.4) is 0 Å². The third-order valence-electron chi connectivity index (χ3n) is 5.83. The molecule has 0 aromatic carbocycles. The highest BCUT2D eigenvalue weighted by atomic mass is 32.2. The van der Waals surface area contributed by atoms with Gasteiger partial charge in [-0.3, -0.25) is 18.9 Å². The Kier molecular flexibility index (Phi) is 6.21. The zero-order valence-electron chi connectivity index (χ0n) is 18.4. The van der Waals surface area contributed by atoms with Crippen molar-refractivity contribution in [3.63, 3.8) is 0 Å². The first-order valence-corrected chi connectivity index (χ1v) is 12.0. The summed E-state index contributed by atoms with van der Waals surface area (Å²) < 4.78 is 2.12. The fourth-order valence-electron chi connectivity index (χ4n) is 4.55. The van der Waals surface area contributed by atoms with Crippen LogP contribution in [0.1, 0.15) is 44.7 Å². The number of thiocarbonyl (C=S) groups is 1. The molecule has 0 spiro atoms. The van der Waals surface area contributed by atoms with Crippen LogP contribution in [0.15, 0.2) is 28.0 Å². The zero-order chi connectivity index (χ0) is 22.3. The van der Waals surface area contributed by atoms with Crippen molar-refractivity contribution in [2.75, 3.05) is 24.5 Å². The van der Waals surface area contributed by atoms with Gasteiger partial charge in [-0.15, -0.1) is 0 Å². The van der Waals surface area contributed by atoms with E-state index in [1.165, 1.54) is 11.8 Å². The highest BCUT2D eigenvalue weighted by Crippen LogP contribution is 2.34. The summed E-state index contributed by atoms with van der Waals surface area (Å²) in [7, 11) is 0. The topological polar surface area (TPSA) is 57.9 Å². The molecule has 0 N–H and O–H groups in total. The van der Waals surface area contributed by atoms with Crippen molar-refractivity contribution in [3.8, 4) is 0 Å². The number of thioether (sulfide) groups is 1. The first-order valence-electron chi connectivity index (χ1n) is 10.8. The number of carbonyl (C=O) groups is 1. The Hall–Kier alpha value is -2.19. The number of amides is 1. The van der Waals surface area contributed by atoms with Crippen molar-refractivity contribution in [1.82, 2.24) is 14.3 Å². The van der Waals surface area contributed by atoms with E-state index in [2.05, 4.69) is 18.7 Å². The second-order valence-electron chi connectivity index (χ2n) is 8.72. The van der Waals surface area contributed by atoms with Gasteiger partial charge in [-0.1, -0.05) is 50.8 Å². The van der Waals surface area contributed by atoms with Crippen LogP contribution in [-0.4, -0.2) is 44.1 Å². The maximum Gasteiger partial charge on any atom is 0.267 e. The average molecular weight is 457 g/mol. The summed E-state index contributed by atoms with van der Waals surface area (Å²) >= 11 is 6.67. The Balaban J connectivity index is 1.89. The van der Waals surface area contributed by atoms with Gasteiger partial charge in [0.15, 0.2) is 0 Å². The predicted molar refractivity (Wildman–Crippen MR) is 132 cm³/mol. The molecular weight excluding hydrogens is 428 g/mol. The Bertz CT molecular complexity index is 1130. The number of hydrogen-bond donors (Lipinski definition) is 0. The molecular formula is C23H28N4O2S2. The van der Waals surface area contributed by atoms with E-state index in [1.807, 2.05) is 26.0 Å². The summed E-state index contributed by atoms with van der Waals surface area (Å²) in [6.07, 6.45) is 5.43. The first kappa shape index (κ1) is 22.0. The van der Waals surface area contributed by atoms with Crippen LogP contribution in [0.25, 0.3) is 11.7 Å². The van der Waals surface area contributed by atoms with Gasteiger partial charge in [-0.05, 0) is 49.3 Å². The number of aryl methyl sites for hydroxylation is 1. The largest absolute Gasteiger partial charge is 0.355 e. The van der Waals surface area contributed by atoms with Crippen molar-refractivity contribution >= 4 is 51.7 Å². The van der Waals surface area contributed by atoms with Gasteiger partial charge in [0.05, 0.1) is 10.5 Å². The van der Waals surface area contributed by atoms with E-state index in [4.69, 9.17) is 17.2 Å². The third kappa shape index (κ3) is 4.15. The molecule has 0 aliphatic carbocycles. The number of piperidine rings is 1. The molecule has 4 rings (SSSR count). The highest BCUT2D eigenvalue weighted by Gasteiger charge is 2.33. The van der Waals surface area contributed by atoms with Crippen LogP contribution in [-0.2, 0) is 4.79 Å². The summed E-state index contributed by atoms with van der Waals surface area (Å²) in [6.45, 7) is 10.7. The lowest BCUT2D eigenvalue weighted by molar-refractivity contribution is -0.122. The van der Waals surface area contributed by atoms with Gasteiger partial charge in [-0.25, -0.2) is 4.98 Å². The molecule has 4 heterocycles. The van der Waals surface area contributed by atoms with E-state index >= 15 is 0 Å². The van der Waals surface area contributed by atoms with Gasteiger partial charge in [-0.2, -0.15) is 0 Å². The van der Waals surface area contributed by atoms with E-state index < -0.39 is 0 Å². The Labute approximate surface area is 192 Å². The van der Waals surface area contributed by atoms with Gasteiger partial charge in [0.2, 0.25) is 0 Å². The standard InChI is InChI=1S/C23H28N4O2S2/c1-5-8-27-22(29)18(31-23(27)30)11-17-20(25-12-14(2)10-15(3)13-25)24-19-16(4)7-6-9-26(19)21(17)28/h6-7,9,11,14-15H,5,8,10,12-13H2,1-4H3/b18-11-/t14-,15+. The summed E-state index contributed by atoms with van der Waals surface area (Å²) in [4.78, 5) is 35.8. The van der Waals surface area contributed by atoms with E-state index in [0.717, 1.165) is 31.5 Å². The monoisotopic (exact) mass is 456 g/mol. The number of nitrogens with zero attached hydrogens (tertiary/aromatic N) is 4. The Morgan fingerprint density at radius 1 is 1.26 bits per heavy atom. The van der Waals surface area contributed by atoms with Crippen molar-refractivity contribution in [3.05, 3.63) is 44.7 Å². The number of aromatic nitrogens is 2. The fraction of sp³-hybridized carbons (Fsp3) is 0.478. The molecule has 2 aromatic heterocycles. The summed E-state index contributed by atoms with van der Waals surface area (Å²) in [6, 6.07) is 3.81. The minimum atomic E-state index is -0.157. The van der Waals surface area contributed by atoms with Crippen LogP contribution in [0, 0.1) is 18.8 Å². The molecule has 6 nitrogen and oxygen atoms in total. The molecule has 2 fully saturated rings. The number of rotatable bonds is 4. The molecule has 0 unspecified atom stereocenters. The number of anilines is 1. The smallest absolute Gasteiger partial charge is 0.267 e. The molecule has 164 valence electrons. The summed E-state index contributed by atoms with van der Waals surface area (Å²) in [5.74, 6) is 1.56. The lowest BCUT2D eigenvalue weighted by Crippen LogP contribution is -2.40. The van der Waals surface area contributed by atoms with E-state index in [-0.39, 0.29) is 11.5 Å². The molecule has 2 saturated heterocycles. The normalized spacial score (nSPS) is 23.4. The minimum absolute atomic E-state index is 0.128. The summed E-state index contributed by atoms with van der Waals surface area (Å²) in [5, 5.41) is 0. The predicted octanol–water partition coefficient (Wildman–Crippen LogP) is 4.10. The Morgan fingerprint density at radius 2 is 1.97 bits per heavy atom. The second kappa shape index (κ2) is 8.74. The van der Waals surface area contributed by atoms with Crippen LogP contribution in [0.4, 0.5) is 5.82 Å². The lowest BCUT2D eigenvalue weighted by atomic mass is 9.91. The fourth-order valence-corrected chi connectivity index (χ4v) is 5.84. The molecule has 8 heteroatoms. The molecule has 2 aliphatic heterocycles. The van der Waals surface area contributed by atoms with Crippen LogP contribution < -0.4 is 10.5 Å². The summed E-state index contributed by atoms with van der Waals surface area (Å²) in [5.41, 5.74) is 1.90. The molecule has 0 radical (unpaired) electrons. The van der Waals surface area contributed by atoms with Gasteiger partial charge in [0.1, 0.15) is 15.8 Å². The van der Waals surface area contributed by atoms with Gasteiger partial charge < -0.3 is 4.90 Å². The number of pyridine rings is 1. The van der Waals surface area contributed by atoms with E-state index in [9.17, 15) is 9.59 Å². The Morgan fingerprint density at radius 3 is 2.65 bits per heavy atom. The number of carbonyl (C=O) groups excluding carboxylic acids is 1. The van der Waals surface area contributed by atoms with Gasteiger partial charge in [0.25, 0.3) is 11.5 Å². The number of fused-ring (bicyclic) bond motifs is 1. The molecule has 0 bridgehead atoms. The molecule has 2 aromatic rings. The maximum absolute atomic E-state index is 13.6. The average Bonchev–Trinajstić information content (AvgIpc) is 2.97. The molecule has 2 atom stereocenters. The van der Waals surface area contributed by atoms with Crippen molar-refractivity contribution in [2.24, 2.45) is 11.8 Å². The van der Waals surface area contributed by atoms with Crippen LogP contribution >= 0.6 is 24.0 Å². The maximum atomic E-state index is 13.6. The molecule has 2 aliphatic rings. The van der Waals surface area contributed by atoms with Gasteiger partial charge >= 0.3 is 0 Å². The SMILES string of the molecule is CCCN1C(=O)/C(=C/c2c(N3C[C@H](C)C[C@H](C)C3)nc3c(C)cccn3c2=O)SC1=S. The molecule has 0 saturated carbocycles. The lowest BCUT2D eigenvalue weighted by Gasteiger charge is -2.36. The van der Waals surface area contributed by atoms with E-state index in [1.54, 1.807) is 21.6 Å². The highest BCUT2D eigenvalue weighted by molar-refractivity contribution is 8.26. The second-order valence-corrected chi connectivity index (χ2v) is 10.4. The zero-order valence-corrected chi connectivity index (χ0v) is 20.1. The van der Waals surface area contributed by atoms with Crippen molar-refractivity contribution in [2.45, 2.75) is 40.5 Å². The molecule has 1 amide bonds. The van der Waals surface area contributed by atoms with E-state index in [0.29, 0.717) is 44.6 Å². The first-order chi connectivity index (χ1) is 14.8. The van der Waals surface area contributed by atoms with Gasteiger partial charge in [0, 0.05) is 25.8 Å². The van der Waals surface area contributed by atoms with Crippen LogP contribution in [0.5, 0.6) is 0 Å². The third-order valence-corrected chi connectivity index (χ3v) is 7.21. The van der Waals surface area contributed by atoms with Crippen molar-refractivity contribution < 1.29 is 4.79 Å². The quantitative estimate of drug-likeness (QED) is 0.510.